The lowest BCUT2D eigenvalue weighted by atomic mass is 9.86. The van der Waals surface area contributed by atoms with Crippen LogP contribution in [0.4, 0.5) is 0 Å². The second kappa shape index (κ2) is 6.31. The summed E-state index contributed by atoms with van der Waals surface area (Å²) in [7, 11) is 1.73. The number of hydrogen-bond acceptors (Lipinski definition) is 2. The molecule has 110 valence electrons. The van der Waals surface area contributed by atoms with E-state index in [0.29, 0.717) is 12.0 Å². The summed E-state index contributed by atoms with van der Waals surface area (Å²) < 4.78 is 5.36. The van der Waals surface area contributed by atoms with E-state index in [4.69, 9.17) is 4.74 Å². The number of ether oxygens (including phenoxy) is 1. The van der Waals surface area contributed by atoms with Gasteiger partial charge in [0.05, 0.1) is 7.11 Å². The van der Waals surface area contributed by atoms with Crippen molar-refractivity contribution in [3.63, 3.8) is 0 Å². The summed E-state index contributed by atoms with van der Waals surface area (Å²) in [5.74, 6) is 1.57. The van der Waals surface area contributed by atoms with Gasteiger partial charge in [-0.1, -0.05) is 43.3 Å². The summed E-state index contributed by atoms with van der Waals surface area (Å²) in [6.45, 7) is 3.25. The molecule has 1 aliphatic rings. The highest BCUT2D eigenvalue weighted by molar-refractivity contribution is 5.36. The predicted octanol–water partition coefficient (Wildman–Crippen LogP) is 4.11. The van der Waals surface area contributed by atoms with E-state index in [1.54, 1.807) is 7.11 Å². The Labute approximate surface area is 127 Å². The van der Waals surface area contributed by atoms with Crippen LogP contribution in [0.15, 0.2) is 48.5 Å². The van der Waals surface area contributed by atoms with Crippen LogP contribution in [0.25, 0.3) is 0 Å². The van der Waals surface area contributed by atoms with Crippen LogP contribution in [-0.4, -0.2) is 7.11 Å². The van der Waals surface area contributed by atoms with Gasteiger partial charge in [-0.05, 0) is 47.6 Å². The summed E-state index contributed by atoms with van der Waals surface area (Å²) in [4.78, 5) is 0. The molecule has 0 saturated heterocycles. The highest BCUT2D eigenvalue weighted by Gasteiger charge is 2.22. The monoisotopic (exact) mass is 281 g/mol. The van der Waals surface area contributed by atoms with Gasteiger partial charge >= 0.3 is 0 Å². The lowest BCUT2D eigenvalue weighted by Crippen LogP contribution is -2.29. The molecule has 1 heterocycles. The van der Waals surface area contributed by atoms with Crippen molar-refractivity contribution in [3.8, 4) is 5.75 Å². The van der Waals surface area contributed by atoms with E-state index in [0.717, 1.165) is 18.7 Å². The van der Waals surface area contributed by atoms with Gasteiger partial charge in [-0.15, -0.1) is 0 Å². The zero-order valence-corrected chi connectivity index (χ0v) is 12.8. The first-order valence-electron chi connectivity index (χ1n) is 7.72. The first-order chi connectivity index (χ1) is 10.3. The summed E-state index contributed by atoms with van der Waals surface area (Å²) >= 11 is 0. The van der Waals surface area contributed by atoms with Crippen LogP contribution in [0.3, 0.4) is 0 Å². The van der Waals surface area contributed by atoms with Crippen LogP contribution in [0.5, 0.6) is 5.75 Å². The molecule has 2 unspecified atom stereocenters. The van der Waals surface area contributed by atoms with Gasteiger partial charge < -0.3 is 10.1 Å². The molecule has 1 aliphatic heterocycles. The minimum absolute atomic E-state index is 0.422. The summed E-state index contributed by atoms with van der Waals surface area (Å²) in [5.41, 5.74) is 4.19. The summed E-state index contributed by atoms with van der Waals surface area (Å²) in [6.07, 6.45) is 2.34. The van der Waals surface area contributed by atoms with E-state index < -0.39 is 0 Å². The number of nitrogens with one attached hydrogen (secondary N) is 1. The number of hydrogen-bond donors (Lipinski definition) is 1. The Kier molecular flexibility index (Phi) is 4.26. The minimum Gasteiger partial charge on any atom is -0.497 e. The Morgan fingerprint density at radius 3 is 2.62 bits per heavy atom. The Balaban J connectivity index is 1.86. The molecule has 0 amide bonds. The average Bonchev–Trinajstić information content (AvgIpc) is 2.52. The highest BCUT2D eigenvalue weighted by Crippen LogP contribution is 2.30. The first kappa shape index (κ1) is 14.2. The first-order valence-corrected chi connectivity index (χ1v) is 7.72. The number of rotatable bonds is 2. The Bertz CT molecular complexity index is 594. The predicted molar refractivity (Wildman–Crippen MR) is 86.5 cm³/mol. The number of methoxy groups -OCH3 is 1. The maximum absolute atomic E-state index is 5.36. The normalized spacial score (nSPS) is 22.0. The van der Waals surface area contributed by atoms with Crippen molar-refractivity contribution in [2.24, 2.45) is 5.92 Å². The number of aryl methyl sites for hydroxylation is 1. The fourth-order valence-corrected chi connectivity index (χ4v) is 3.22. The van der Waals surface area contributed by atoms with E-state index in [1.807, 2.05) is 0 Å². The topological polar surface area (TPSA) is 21.3 Å². The fourth-order valence-electron chi connectivity index (χ4n) is 3.22. The molecule has 0 radical (unpaired) electrons. The molecule has 2 aromatic carbocycles. The quantitative estimate of drug-likeness (QED) is 0.894. The molecule has 0 aliphatic carbocycles. The largest absolute Gasteiger partial charge is 0.497 e. The lowest BCUT2D eigenvalue weighted by molar-refractivity contribution is 0.353. The van der Waals surface area contributed by atoms with Crippen LogP contribution in [0, 0.1) is 5.92 Å². The SMILES string of the molecule is COc1ccc2c(c1)CNC(c1ccccc1)C(C)CC2. The lowest BCUT2D eigenvalue weighted by Gasteiger charge is -2.29. The van der Waals surface area contributed by atoms with Gasteiger partial charge in [-0.25, -0.2) is 0 Å². The van der Waals surface area contributed by atoms with Gasteiger partial charge in [-0.3, -0.25) is 0 Å². The molecule has 0 aromatic heterocycles. The standard InChI is InChI=1S/C19H23NO/c1-14-8-9-15-10-11-18(21-2)12-17(15)13-20-19(14)16-6-4-3-5-7-16/h3-7,10-12,14,19-20H,8-9,13H2,1-2H3. The zero-order chi connectivity index (χ0) is 14.7. The maximum Gasteiger partial charge on any atom is 0.119 e. The molecular weight excluding hydrogens is 258 g/mol. The molecule has 3 rings (SSSR count). The summed E-state index contributed by atoms with van der Waals surface area (Å²) in [5, 5.41) is 3.74. The van der Waals surface area contributed by atoms with Crippen molar-refractivity contribution in [2.75, 3.05) is 7.11 Å². The van der Waals surface area contributed by atoms with Gasteiger partial charge in [0.1, 0.15) is 5.75 Å². The van der Waals surface area contributed by atoms with E-state index in [-0.39, 0.29) is 0 Å². The van der Waals surface area contributed by atoms with E-state index in [2.05, 4.69) is 60.8 Å². The third kappa shape index (κ3) is 3.11. The minimum atomic E-state index is 0.422. The zero-order valence-electron chi connectivity index (χ0n) is 12.8. The van der Waals surface area contributed by atoms with E-state index in [9.17, 15) is 0 Å². The van der Waals surface area contributed by atoms with Gasteiger partial charge in [0.2, 0.25) is 0 Å². The molecule has 0 saturated carbocycles. The van der Waals surface area contributed by atoms with Crippen LogP contribution < -0.4 is 10.1 Å². The summed E-state index contributed by atoms with van der Waals surface area (Å²) in [6, 6.07) is 17.7. The van der Waals surface area contributed by atoms with Crippen molar-refractivity contribution >= 4 is 0 Å². The molecule has 0 spiro atoms. The van der Waals surface area contributed by atoms with E-state index in [1.165, 1.54) is 23.1 Å². The third-order valence-electron chi connectivity index (χ3n) is 4.52. The van der Waals surface area contributed by atoms with Gasteiger partial charge in [0.25, 0.3) is 0 Å². The number of fused-ring (bicyclic) bond motifs is 1. The molecule has 0 fully saturated rings. The Hall–Kier alpha value is -1.80. The molecule has 1 N–H and O–H groups in total. The van der Waals surface area contributed by atoms with Crippen LogP contribution in [-0.2, 0) is 13.0 Å². The maximum atomic E-state index is 5.36. The fraction of sp³-hybridized carbons (Fsp3) is 0.368. The molecular formula is C19H23NO. The molecule has 2 atom stereocenters. The van der Waals surface area contributed by atoms with Crippen molar-refractivity contribution in [3.05, 3.63) is 65.2 Å². The van der Waals surface area contributed by atoms with Crippen molar-refractivity contribution < 1.29 is 4.74 Å². The second-order valence-electron chi connectivity index (χ2n) is 5.92. The second-order valence-corrected chi connectivity index (χ2v) is 5.92. The molecule has 2 heteroatoms. The molecule has 0 bridgehead atoms. The molecule has 21 heavy (non-hydrogen) atoms. The smallest absolute Gasteiger partial charge is 0.119 e. The molecule has 2 aromatic rings. The van der Waals surface area contributed by atoms with Gasteiger partial charge in [0, 0.05) is 12.6 Å². The number of benzene rings is 2. The van der Waals surface area contributed by atoms with Crippen LogP contribution in [0.2, 0.25) is 0 Å². The van der Waals surface area contributed by atoms with Crippen molar-refractivity contribution in [1.82, 2.24) is 5.32 Å². The van der Waals surface area contributed by atoms with Crippen molar-refractivity contribution in [2.45, 2.75) is 32.4 Å². The van der Waals surface area contributed by atoms with Gasteiger partial charge in [-0.2, -0.15) is 0 Å². The highest BCUT2D eigenvalue weighted by atomic mass is 16.5. The Morgan fingerprint density at radius 1 is 1.05 bits per heavy atom. The third-order valence-corrected chi connectivity index (χ3v) is 4.52. The van der Waals surface area contributed by atoms with E-state index >= 15 is 0 Å². The average molecular weight is 281 g/mol. The van der Waals surface area contributed by atoms with Gasteiger partial charge in [0.15, 0.2) is 0 Å². The van der Waals surface area contributed by atoms with Crippen LogP contribution >= 0.6 is 0 Å². The van der Waals surface area contributed by atoms with Crippen molar-refractivity contribution in [1.29, 1.82) is 0 Å². The molecule has 2 nitrogen and oxygen atoms in total. The van der Waals surface area contributed by atoms with Crippen LogP contribution in [0.1, 0.15) is 36.1 Å². The Morgan fingerprint density at radius 2 is 1.86 bits per heavy atom.